The van der Waals surface area contributed by atoms with E-state index in [1.807, 2.05) is 19.0 Å². The topological polar surface area (TPSA) is 29.5 Å². The Morgan fingerprint density at radius 3 is 2.55 bits per heavy atom. The van der Waals surface area contributed by atoms with Crippen LogP contribution < -0.4 is 0 Å². The third kappa shape index (κ3) is 6.06. The molecule has 3 nitrogen and oxygen atoms in total. The molecule has 0 radical (unpaired) electrons. The van der Waals surface area contributed by atoms with Crippen molar-refractivity contribution in [2.24, 2.45) is 0 Å². The Balaban J connectivity index is 3.40. The second-order valence-corrected chi connectivity index (χ2v) is 3.30. The fourth-order valence-corrected chi connectivity index (χ4v) is 0.514. The number of halogens is 1. The zero-order valence-electron chi connectivity index (χ0n) is 6.76. The summed E-state index contributed by atoms with van der Waals surface area (Å²) in [5.41, 5.74) is 0. The van der Waals surface area contributed by atoms with Gasteiger partial charge in [-0.3, -0.25) is 0 Å². The number of hydrogen-bond acceptors (Lipinski definition) is 3. The van der Waals surface area contributed by atoms with Crippen LogP contribution in [-0.2, 0) is 9.53 Å². The Bertz CT molecular complexity index is 157. The maximum absolute atomic E-state index is 10.7. The highest BCUT2D eigenvalue weighted by molar-refractivity contribution is 9.12. The van der Waals surface area contributed by atoms with Crippen LogP contribution in [0.3, 0.4) is 0 Å². The molecule has 0 atom stereocenters. The van der Waals surface area contributed by atoms with Crippen LogP contribution in [0.5, 0.6) is 0 Å². The molecule has 0 aliphatic heterocycles. The van der Waals surface area contributed by atoms with Crippen molar-refractivity contribution >= 4 is 21.9 Å². The highest BCUT2D eigenvalue weighted by atomic mass is 79.9. The molecular weight excluding hydrogens is 210 g/mol. The molecule has 0 aromatic rings. The number of carbonyl (C=O) groups is 1. The SMILES string of the molecule is C=C(Br)C(=O)OCCN(C)C. The Hall–Kier alpha value is -0.350. The largest absolute Gasteiger partial charge is 0.460 e. The van der Waals surface area contributed by atoms with Crippen molar-refractivity contribution in [1.29, 1.82) is 0 Å². The molecule has 0 bridgehead atoms. The second kappa shape index (κ2) is 5.32. The van der Waals surface area contributed by atoms with E-state index in [0.717, 1.165) is 6.54 Å². The molecule has 4 heteroatoms. The molecule has 0 unspecified atom stereocenters. The number of hydrogen-bond donors (Lipinski definition) is 0. The molecule has 0 aliphatic carbocycles. The molecule has 0 rings (SSSR count). The van der Waals surface area contributed by atoms with Gasteiger partial charge < -0.3 is 9.64 Å². The molecule has 0 fully saturated rings. The molecule has 0 aliphatic rings. The van der Waals surface area contributed by atoms with Crippen LogP contribution in [-0.4, -0.2) is 38.1 Å². The fraction of sp³-hybridized carbons (Fsp3) is 0.571. The molecule has 0 spiro atoms. The number of nitrogens with zero attached hydrogens (tertiary/aromatic N) is 1. The van der Waals surface area contributed by atoms with Crippen molar-refractivity contribution < 1.29 is 9.53 Å². The maximum Gasteiger partial charge on any atom is 0.344 e. The third-order valence-corrected chi connectivity index (χ3v) is 1.32. The summed E-state index contributed by atoms with van der Waals surface area (Å²) >= 11 is 2.92. The van der Waals surface area contributed by atoms with Crippen LogP contribution in [0.4, 0.5) is 0 Å². The van der Waals surface area contributed by atoms with Gasteiger partial charge in [0, 0.05) is 6.54 Å². The van der Waals surface area contributed by atoms with E-state index in [0.29, 0.717) is 6.61 Å². The summed E-state index contributed by atoms with van der Waals surface area (Å²) in [4.78, 5) is 12.7. The highest BCUT2D eigenvalue weighted by Gasteiger charge is 2.03. The van der Waals surface area contributed by atoms with E-state index in [-0.39, 0.29) is 4.48 Å². The first-order valence-corrected chi connectivity index (χ1v) is 3.99. The van der Waals surface area contributed by atoms with Crippen molar-refractivity contribution in [1.82, 2.24) is 4.90 Å². The van der Waals surface area contributed by atoms with Crippen LogP contribution >= 0.6 is 15.9 Å². The lowest BCUT2D eigenvalue weighted by Crippen LogP contribution is -2.19. The molecule has 64 valence electrons. The molecule has 0 aromatic heterocycles. The van der Waals surface area contributed by atoms with E-state index in [1.54, 1.807) is 0 Å². The Kier molecular flexibility index (Phi) is 5.15. The van der Waals surface area contributed by atoms with E-state index in [2.05, 4.69) is 22.5 Å². The van der Waals surface area contributed by atoms with Gasteiger partial charge in [0.25, 0.3) is 0 Å². The molecule has 0 saturated heterocycles. The molecule has 11 heavy (non-hydrogen) atoms. The first-order valence-electron chi connectivity index (χ1n) is 3.20. The number of likely N-dealkylation sites (N-methyl/N-ethyl adjacent to an activating group) is 1. The summed E-state index contributed by atoms with van der Waals surface area (Å²) in [6, 6.07) is 0. The summed E-state index contributed by atoms with van der Waals surface area (Å²) in [5, 5.41) is 0. The van der Waals surface area contributed by atoms with Gasteiger partial charge in [-0.25, -0.2) is 4.79 Å². The second-order valence-electron chi connectivity index (χ2n) is 2.34. The summed E-state index contributed by atoms with van der Waals surface area (Å²) in [6.07, 6.45) is 0. The van der Waals surface area contributed by atoms with Crippen molar-refractivity contribution in [3.63, 3.8) is 0 Å². The summed E-state index contributed by atoms with van der Waals surface area (Å²) in [5.74, 6) is -0.396. The first-order chi connectivity index (χ1) is 5.04. The normalized spacial score (nSPS) is 9.82. The minimum Gasteiger partial charge on any atom is -0.460 e. The summed E-state index contributed by atoms with van der Waals surface area (Å²) in [7, 11) is 3.83. The van der Waals surface area contributed by atoms with E-state index in [1.165, 1.54) is 0 Å². The van der Waals surface area contributed by atoms with Crippen molar-refractivity contribution in [3.05, 3.63) is 11.1 Å². The highest BCUT2D eigenvalue weighted by Crippen LogP contribution is 2.02. The number of ether oxygens (including phenoxy) is 1. The van der Waals surface area contributed by atoms with Crippen LogP contribution in [0, 0.1) is 0 Å². The van der Waals surface area contributed by atoms with Gasteiger partial charge in [0.05, 0.1) is 4.48 Å². The van der Waals surface area contributed by atoms with Gasteiger partial charge in [-0.2, -0.15) is 0 Å². The van der Waals surface area contributed by atoms with Gasteiger partial charge in [-0.05, 0) is 30.0 Å². The standard InChI is InChI=1S/C7H12BrNO2/c1-6(8)7(10)11-5-4-9(2)3/h1,4-5H2,2-3H3. The zero-order chi connectivity index (χ0) is 8.85. The van der Waals surface area contributed by atoms with E-state index < -0.39 is 5.97 Å². The van der Waals surface area contributed by atoms with Gasteiger partial charge in [0.1, 0.15) is 6.61 Å². The molecule has 0 aromatic carbocycles. The van der Waals surface area contributed by atoms with Gasteiger partial charge in [-0.1, -0.05) is 6.58 Å². The quantitative estimate of drug-likeness (QED) is 0.525. The maximum atomic E-state index is 10.7. The lowest BCUT2D eigenvalue weighted by Gasteiger charge is -2.08. The van der Waals surface area contributed by atoms with Crippen LogP contribution in [0.25, 0.3) is 0 Å². The molecule has 0 amide bonds. The lowest BCUT2D eigenvalue weighted by molar-refractivity contribution is -0.138. The smallest absolute Gasteiger partial charge is 0.344 e. The van der Waals surface area contributed by atoms with Crippen LogP contribution in [0.2, 0.25) is 0 Å². The van der Waals surface area contributed by atoms with Gasteiger partial charge in [-0.15, -0.1) is 0 Å². The summed E-state index contributed by atoms with van der Waals surface area (Å²) < 4.78 is 5.05. The van der Waals surface area contributed by atoms with Crippen LogP contribution in [0.15, 0.2) is 11.1 Å². The fourth-order valence-electron chi connectivity index (χ4n) is 0.399. The molecule has 0 heterocycles. The van der Waals surface area contributed by atoms with Crippen molar-refractivity contribution in [3.8, 4) is 0 Å². The minimum atomic E-state index is -0.396. The number of carbonyl (C=O) groups excluding carboxylic acids is 1. The van der Waals surface area contributed by atoms with Crippen LogP contribution in [0.1, 0.15) is 0 Å². The number of rotatable bonds is 4. The van der Waals surface area contributed by atoms with Gasteiger partial charge in [0.2, 0.25) is 0 Å². The summed E-state index contributed by atoms with van der Waals surface area (Å²) in [6.45, 7) is 4.51. The average molecular weight is 222 g/mol. The van der Waals surface area contributed by atoms with E-state index in [9.17, 15) is 4.79 Å². The van der Waals surface area contributed by atoms with Gasteiger partial charge >= 0.3 is 5.97 Å². The van der Waals surface area contributed by atoms with E-state index in [4.69, 9.17) is 4.74 Å². The van der Waals surface area contributed by atoms with Crippen molar-refractivity contribution in [2.45, 2.75) is 0 Å². The Labute approximate surface area is 75.1 Å². The number of esters is 1. The predicted octanol–water partition coefficient (Wildman–Crippen LogP) is 1.000. The monoisotopic (exact) mass is 221 g/mol. The molecular formula is C7H12BrNO2. The Morgan fingerprint density at radius 2 is 2.18 bits per heavy atom. The first kappa shape index (κ1) is 10.7. The average Bonchev–Trinajstić information content (AvgIpc) is 1.86. The Morgan fingerprint density at radius 1 is 1.64 bits per heavy atom. The third-order valence-electron chi connectivity index (χ3n) is 0.993. The molecule has 0 saturated carbocycles. The van der Waals surface area contributed by atoms with Crippen molar-refractivity contribution in [2.75, 3.05) is 27.2 Å². The molecule has 0 N–H and O–H groups in total. The minimum absolute atomic E-state index is 0.260. The van der Waals surface area contributed by atoms with Gasteiger partial charge in [0.15, 0.2) is 0 Å². The predicted molar refractivity (Wildman–Crippen MR) is 47.6 cm³/mol. The zero-order valence-corrected chi connectivity index (χ0v) is 8.35. The van der Waals surface area contributed by atoms with E-state index >= 15 is 0 Å². The lowest BCUT2D eigenvalue weighted by atomic mass is 10.6.